The highest BCUT2D eigenvalue weighted by Gasteiger charge is 2.39. The lowest BCUT2D eigenvalue weighted by Crippen LogP contribution is -2.32. The first kappa shape index (κ1) is 22.9. The fourth-order valence-electron chi connectivity index (χ4n) is 3.80. The minimum absolute atomic E-state index is 0.166. The second kappa shape index (κ2) is 10.1. The van der Waals surface area contributed by atoms with Crippen molar-refractivity contribution in [2.45, 2.75) is 13.5 Å². The topological polar surface area (TPSA) is 77.1 Å². The van der Waals surface area contributed by atoms with Crippen molar-refractivity contribution in [2.75, 3.05) is 26.1 Å². The molecule has 2 amide bonds. The van der Waals surface area contributed by atoms with E-state index in [1.165, 1.54) is 12.0 Å². The summed E-state index contributed by atoms with van der Waals surface area (Å²) in [5.41, 5.74) is 2.45. The van der Waals surface area contributed by atoms with Crippen LogP contribution in [0.25, 0.3) is 5.57 Å². The smallest absolute Gasteiger partial charge is 0.278 e. The molecule has 0 fully saturated rings. The molecule has 0 atom stereocenters. The van der Waals surface area contributed by atoms with Crippen LogP contribution in [0, 0.1) is 0 Å². The lowest BCUT2D eigenvalue weighted by atomic mass is 10.0. The van der Waals surface area contributed by atoms with Crippen LogP contribution < -0.4 is 19.5 Å². The Hall–Kier alpha value is -4.26. The first-order valence-electron chi connectivity index (χ1n) is 10.9. The summed E-state index contributed by atoms with van der Waals surface area (Å²) in [4.78, 5) is 28.3. The van der Waals surface area contributed by atoms with Crippen molar-refractivity contribution in [3.05, 3.63) is 89.6 Å². The van der Waals surface area contributed by atoms with Gasteiger partial charge in [0.15, 0.2) is 0 Å². The van der Waals surface area contributed by atoms with Crippen molar-refractivity contribution >= 4 is 23.1 Å². The van der Waals surface area contributed by atoms with E-state index in [1.807, 2.05) is 37.3 Å². The summed E-state index contributed by atoms with van der Waals surface area (Å²) in [7, 11) is 3.10. The van der Waals surface area contributed by atoms with Crippen LogP contribution in [0.1, 0.15) is 18.1 Å². The van der Waals surface area contributed by atoms with E-state index < -0.39 is 5.91 Å². The predicted molar refractivity (Wildman–Crippen MR) is 130 cm³/mol. The van der Waals surface area contributed by atoms with Gasteiger partial charge in [-0.15, -0.1) is 0 Å². The maximum atomic E-state index is 13.5. The summed E-state index contributed by atoms with van der Waals surface area (Å²) >= 11 is 0. The second-order valence-electron chi connectivity index (χ2n) is 7.58. The molecule has 7 nitrogen and oxygen atoms in total. The Morgan fingerprint density at radius 2 is 1.53 bits per heavy atom. The molecule has 3 aromatic carbocycles. The number of carbonyl (C=O) groups is 2. The molecule has 0 spiro atoms. The third-order valence-corrected chi connectivity index (χ3v) is 5.47. The highest BCUT2D eigenvalue weighted by molar-refractivity contribution is 6.36. The van der Waals surface area contributed by atoms with Crippen molar-refractivity contribution in [1.29, 1.82) is 0 Å². The number of ether oxygens (including phenoxy) is 3. The lowest BCUT2D eigenvalue weighted by molar-refractivity contribution is -0.137. The molecule has 0 saturated carbocycles. The quantitative estimate of drug-likeness (QED) is 0.476. The average Bonchev–Trinajstić information content (AvgIpc) is 3.09. The number of imide groups is 1. The molecular formula is C27H26N2O5. The van der Waals surface area contributed by atoms with Gasteiger partial charge >= 0.3 is 0 Å². The van der Waals surface area contributed by atoms with E-state index in [1.54, 1.807) is 49.6 Å². The van der Waals surface area contributed by atoms with Gasteiger partial charge in [0, 0.05) is 6.07 Å². The summed E-state index contributed by atoms with van der Waals surface area (Å²) in [6, 6.07) is 21.8. The van der Waals surface area contributed by atoms with E-state index in [2.05, 4.69) is 5.32 Å². The monoisotopic (exact) mass is 458 g/mol. The SMILES string of the molecule is CCOc1ccc(C2=C(Nc3cc(OC)ccc3OC)C(=O)N(Cc3ccccc3)C2=O)cc1. The molecule has 0 radical (unpaired) electrons. The van der Waals surface area contributed by atoms with E-state index in [-0.39, 0.29) is 23.7 Å². The summed E-state index contributed by atoms with van der Waals surface area (Å²) in [5, 5.41) is 3.15. The molecule has 1 aliphatic rings. The van der Waals surface area contributed by atoms with Crippen LogP contribution in [-0.2, 0) is 16.1 Å². The van der Waals surface area contributed by atoms with Crippen LogP contribution >= 0.6 is 0 Å². The highest BCUT2D eigenvalue weighted by atomic mass is 16.5. The highest BCUT2D eigenvalue weighted by Crippen LogP contribution is 2.36. The number of nitrogens with zero attached hydrogens (tertiary/aromatic N) is 1. The Morgan fingerprint density at radius 3 is 2.18 bits per heavy atom. The Labute approximate surface area is 198 Å². The summed E-state index contributed by atoms with van der Waals surface area (Å²) in [5.74, 6) is 1.00. The Kier molecular flexibility index (Phi) is 6.82. The van der Waals surface area contributed by atoms with Crippen molar-refractivity contribution in [3.63, 3.8) is 0 Å². The Balaban J connectivity index is 1.77. The van der Waals surface area contributed by atoms with Gasteiger partial charge in [-0.2, -0.15) is 0 Å². The van der Waals surface area contributed by atoms with Crippen molar-refractivity contribution in [2.24, 2.45) is 0 Å². The predicted octanol–water partition coefficient (Wildman–Crippen LogP) is 4.49. The summed E-state index contributed by atoms with van der Waals surface area (Å²) in [6.45, 7) is 2.60. The third-order valence-electron chi connectivity index (χ3n) is 5.47. The number of hydrogen-bond donors (Lipinski definition) is 1. The molecule has 174 valence electrons. The summed E-state index contributed by atoms with van der Waals surface area (Å²) in [6.07, 6.45) is 0. The zero-order valence-electron chi connectivity index (χ0n) is 19.3. The van der Waals surface area contributed by atoms with E-state index in [0.717, 1.165) is 5.56 Å². The molecular weight excluding hydrogens is 432 g/mol. The molecule has 1 aliphatic heterocycles. The zero-order chi connectivity index (χ0) is 24.1. The van der Waals surface area contributed by atoms with E-state index >= 15 is 0 Å². The molecule has 4 rings (SSSR count). The molecule has 0 aromatic heterocycles. The number of methoxy groups -OCH3 is 2. The molecule has 1 N–H and O–H groups in total. The van der Waals surface area contributed by atoms with Crippen LogP contribution in [0.4, 0.5) is 5.69 Å². The number of carbonyl (C=O) groups excluding carboxylic acids is 2. The van der Waals surface area contributed by atoms with Crippen molar-refractivity contribution in [1.82, 2.24) is 4.90 Å². The largest absolute Gasteiger partial charge is 0.497 e. The number of anilines is 1. The van der Waals surface area contributed by atoms with Gasteiger partial charge in [-0.05, 0) is 42.3 Å². The number of hydrogen-bond acceptors (Lipinski definition) is 6. The molecule has 0 bridgehead atoms. The second-order valence-corrected chi connectivity index (χ2v) is 7.58. The van der Waals surface area contributed by atoms with Gasteiger partial charge in [-0.1, -0.05) is 42.5 Å². The van der Waals surface area contributed by atoms with Gasteiger partial charge < -0.3 is 19.5 Å². The van der Waals surface area contributed by atoms with Gasteiger partial charge in [0.25, 0.3) is 11.8 Å². The molecule has 7 heteroatoms. The third kappa shape index (κ3) is 4.59. The van der Waals surface area contributed by atoms with Crippen molar-refractivity contribution < 1.29 is 23.8 Å². The molecule has 1 heterocycles. The minimum Gasteiger partial charge on any atom is -0.497 e. The van der Waals surface area contributed by atoms with Gasteiger partial charge in [-0.25, -0.2) is 0 Å². The summed E-state index contributed by atoms with van der Waals surface area (Å²) < 4.78 is 16.3. The average molecular weight is 459 g/mol. The standard InChI is InChI=1S/C27H26N2O5/c1-4-34-20-12-10-19(11-13-20)24-25(28-22-16-21(32-2)14-15-23(22)33-3)27(31)29(26(24)30)17-18-8-6-5-7-9-18/h5-16,28H,4,17H2,1-3H3. The maximum Gasteiger partial charge on any atom is 0.278 e. The van der Waals surface area contributed by atoms with E-state index in [9.17, 15) is 9.59 Å². The molecule has 0 unspecified atom stereocenters. The normalized spacial score (nSPS) is 13.3. The van der Waals surface area contributed by atoms with Crippen LogP contribution in [0.3, 0.4) is 0 Å². The Bertz CT molecular complexity index is 1220. The van der Waals surface area contributed by atoms with Crippen LogP contribution in [0.5, 0.6) is 17.2 Å². The Morgan fingerprint density at radius 1 is 0.824 bits per heavy atom. The number of benzene rings is 3. The van der Waals surface area contributed by atoms with Gasteiger partial charge in [-0.3, -0.25) is 14.5 Å². The molecule has 0 saturated heterocycles. The minimum atomic E-state index is -0.414. The first-order chi connectivity index (χ1) is 16.5. The van der Waals surface area contributed by atoms with Gasteiger partial charge in [0.1, 0.15) is 22.9 Å². The fourth-order valence-corrected chi connectivity index (χ4v) is 3.80. The molecule has 3 aromatic rings. The van der Waals surface area contributed by atoms with Gasteiger partial charge in [0.2, 0.25) is 0 Å². The molecule has 34 heavy (non-hydrogen) atoms. The lowest BCUT2D eigenvalue weighted by Gasteiger charge is -2.16. The van der Waals surface area contributed by atoms with Crippen LogP contribution in [0.15, 0.2) is 78.5 Å². The fraction of sp³-hybridized carbons (Fsp3) is 0.185. The first-order valence-corrected chi connectivity index (χ1v) is 10.9. The number of rotatable bonds is 9. The zero-order valence-corrected chi connectivity index (χ0v) is 19.3. The molecule has 0 aliphatic carbocycles. The van der Waals surface area contributed by atoms with Crippen LogP contribution in [0.2, 0.25) is 0 Å². The van der Waals surface area contributed by atoms with E-state index in [4.69, 9.17) is 14.2 Å². The maximum absolute atomic E-state index is 13.5. The van der Waals surface area contributed by atoms with Crippen molar-refractivity contribution in [3.8, 4) is 17.2 Å². The number of amides is 2. The van der Waals surface area contributed by atoms with E-state index in [0.29, 0.717) is 35.1 Å². The van der Waals surface area contributed by atoms with Gasteiger partial charge in [0.05, 0.1) is 38.6 Å². The van der Waals surface area contributed by atoms with Crippen LogP contribution in [-0.4, -0.2) is 37.5 Å². The number of nitrogens with one attached hydrogen (secondary N) is 1.